The third-order valence-electron chi connectivity index (χ3n) is 5.01. The smallest absolute Gasteiger partial charge is 0.0352 e. The molecule has 0 saturated carbocycles. The number of aryl methyl sites for hydroxylation is 1. The summed E-state index contributed by atoms with van der Waals surface area (Å²) in [7, 11) is 0. The van der Waals surface area contributed by atoms with E-state index in [1.807, 2.05) is 0 Å². The summed E-state index contributed by atoms with van der Waals surface area (Å²) in [4.78, 5) is 5.38. The van der Waals surface area contributed by atoms with Crippen molar-refractivity contribution in [2.24, 2.45) is 0 Å². The Bertz CT molecular complexity index is 421. The average molecular weight is 272 g/mol. The molecule has 0 aromatic heterocycles. The van der Waals surface area contributed by atoms with Crippen LogP contribution in [0.4, 0.5) is 0 Å². The van der Waals surface area contributed by atoms with Crippen LogP contribution >= 0.6 is 0 Å². The van der Waals surface area contributed by atoms with Crippen LogP contribution in [0, 0.1) is 0 Å². The first-order chi connectivity index (χ1) is 9.88. The number of fused-ring (bicyclic) bond motifs is 1. The number of benzene rings is 1. The molecule has 1 unspecified atom stereocenters. The van der Waals surface area contributed by atoms with Crippen molar-refractivity contribution in [2.75, 3.05) is 32.7 Å². The van der Waals surface area contributed by atoms with Gasteiger partial charge in [-0.05, 0) is 43.4 Å². The molecule has 1 aliphatic heterocycles. The molecular weight excluding hydrogens is 244 g/mol. The van der Waals surface area contributed by atoms with Gasteiger partial charge in [0, 0.05) is 32.2 Å². The SMILES string of the molecule is CCCCN1CCN(C2CCCc3ccccc32)CC1. The van der Waals surface area contributed by atoms with Crippen LogP contribution in [0.1, 0.15) is 49.8 Å². The van der Waals surface area contributed by atoms with Crippen LogP contribution in [-0.2, 0) is 6.42 Å². The summed E-state index contributed by atoms with van der Waals surface area (Å²) in [5.41, 5.74) is 3.21. The van der Waals surface area contributed by atoms with E-state index in [4.69, 9.17) is 0 Å². The molecule has 0 radical (unpaired) electrons. The van der Waals surface area contributed by atoms with Crippen LogP contribution in [0.3, 0.4) is 0 Å². The molecule has 110 valence electrons. The topological polar surface area (TPSA) is 6.48 Å². The predicted molar refractivity (Wildman–Crippen MR) is 85.0 cm³/mol. The second-order valence-corrected chi connectivity index (χ2v) is 6.34. The zero-order chi connectivity index (χ0) is 13.8. The fourth-order valence-corrected chi connectivity index (χ4v) is 3.79. The minimum Gasteiger partial charge on any atom is -0.301 e. The molecule has 1 aliphatic carbocycles. The summed E-state index contributed by atoms with van der Waals surface area (Å²) in [5.74, 6) is 0. The lowest BCUT2D eigenvalue weighted by atomic mass is 9.86. The fraction of sp³-hybridized carbons (Fsp3) is 0.667. The normalized spacial score (nSPS) is 24.6. The van der Waals surface area contributed by atoms with Crippen LogP contribution in [0.5, 0.6) is 0 Å². The lowest BCUT2D eigenvalue weighted by Crippen LogP contribution is -2.48. The number of unbranched alkanes of at least 4 members (excludes halogenated alkanes) is 1. The Labute approximate surface area is 123 Å². The van der Waals surface area contributed by atoms with Gasteiger partial charge >= 0.3 is 0 Å². The highest BCUT2D eigenvalue weighted by atomic mass is 15.3. The van der Waals surface area contributed by atoms with Gasteiger partial charge in [-0.3, -0.25) is 4.90 Å². The minimum atomic E-state index is 0.688. The van der Waals surface area contributed by atoms with Gasteiger partial charge in [-0.15, -0.1) is 0 Å². The van der Waals surface area contributed by atoms with E-state index >= 15 is 0 Å². The number of piperazine rings is 1. The van der Waals surface area contributed by atoms with Gasteiger partial charge in [-0.1, -0.05) is 37.6 Å². The van der Waals surface area contributed by atoms with E-state index in [-0.39, 0.29) is 0 Å². The molecule has 1 aromatic carbocycles. The highest BCUT2D eigenvalue weighted by Crippen LogP contribution is 2.34. The van der Waals surface area contributed by atoms with Crippen molar-refractivity contribution < 1.29 is 0 Å². The highest BCUT2D eigenvalue weighted by molar-refractivity contribution is 5.32. The zero-order valence-corrected chi connectivity index (χ0v) is 12.9. The van der Waals surface area contributed by atoms with Gasteiger partial charge < -0.3 is 4.90 Å². The van der Waals surface area contributed by atoms with Gasteiger partial charge in [0.1, 0.15) is 0 Å². The van der Waals surface area contributed by atoms with E-state index < -0.39 is 0 Å². The lowest BCUT2D eigenvalue weighted by Gasteiger charge is -2.41. The molecule has 0 amide bonds. The van der Waals surface area contributed by atoms with Gasteiger partial charge in [-0.25, -0.2) is 0 Å². The Morgan fingerprint density at radius 1 is 1.10 bits per heavy atom. The summed E-state index contributed by atoms with van der Waals surface area (Å²) in [6, 6.07) is 9.80. The van der Waals surface area contributed by atoms with E-state index in [0.29, 0.717) is 6.04 Å². The quantitative estimate of drug-likeness (QED) is 0.828. The summed E-state index contributed by atoms with van der Waals surface area (Å²) < 4.78 is 0. The van der Waals surface area contributed by atoms with E-state index in [1.165, 1.54) is 64.8 Å². The van der Waals surface area contributed by atoms with E-state index in [9.17, 15) is 0 Å². The molecule has 1 fully saturated rings. The lowest BCUT2D eigenvalue weighted by molar-refractivity contribution is 0.0873. The molecule has 0 spiro atoms. The summed E-state index contributed by atoms with van der Waals surface area (Å²) >= 11 is 0. The Morgan fingerprint density at radius 3 is 2.70 bits per heavy atom. The fourth-order valence-electron chi connectivity index (χ4n) is 3.79. The number of hydrogen-bond acceptors (Lipinski definition) is 2. The molecular formula is C18H28N2. The first kappa shape index (κ1) is 14.1. The van der Waals surface area contributed by atoms with Crippen LogP contribution in [0.25, 0.3) is 0 Å². The molecule has 3 rings (SSSR count). The maximum absolute atomic E-state index is 2.74. The number of rotatable bonds is 4. The van der Waals surface area contributed by atoms with Crippen molar-refractivity contribution in [3.05, 3.63) is 35.4 Å². The maximum atomic E-state index is 2.74. The second-order valence-electron chi connectivity index (χ2n) is 6.34. The van der Waals surface area contributed by atoms with Gasteiger partial charge in [0.15, 0.2) is 0 Å². The summed E-state index contributed by atoms with van der Waals surface area (Å²) in [6.45, 7) is 8.61. The molecule has 0 N–H and O–H groups in total. The van der Waals surface area contributed by atoms with E-state index in [0.717, 1.165) is 0 Å². The Morgan fingerprint density at radius 2 is 1.90 bits per heavy atom. The average Bonchev–Trinajstić information content (AvgIpc) is 2.53. The van der Waals surface area contributed by atoms with E-state index in [2.05, 4.69) is 41.0 Å². The first-order valence-electron chi connectivity index (χ1n) is 8.42. The van der Waals surface area contributed by atoms with E-state index in [1.54, 1.807) is 11.1 Å². The predicted octanol–water partition coefficient (Wildman–Crippen LogP) is 3.48. The minimum absolute atomic E-state index is 0.688. The molecule has 20 heavy (non-hydrogen) atoms. The standard InChI is InChI=1S/C18H28N2/c1-2-3-11-19-12-14-20(15-13-19)18-10-6-8-16-7-4-5-9-17(16)18/h4-5,7,9,18H,2-3,6,8,10-15H2,1H3. The second kappa shape index (κ2) is 6.73. The van der Waals surface area contributed by atoms with Gasteiger partial charge in [0.25, 0.3) is 0 Å². The highest BCUT2D eigenvalue weighted by Gasteiger charge is 2.28. The van der Waals surface area contributed by atoms with Gasteiger partial charge in [-0.2, -0.15) is 0 Å². The van der Waals surface area contributed by atoms with Crippen molar-refractivity contribution in [2.45, 2.75) is 45.1 Å². The monoisotopic (exact) mass is 272 g/mol. The van der Waals surface area contributed by atoms with Crippen molar-refractivity contribution in [3.8, 4) is 0 Å². The Balaban J connectivity index is 1.62. The molecule has 1 atom stereocenters. The third kappa shape index (κ3) is 3.07. The van der Waals surface area contributed by atoms with Crippen LogP contribution in [0.2, 0.25) is 0 Å². The zero-order valence-electron chi connectivity index (χ0n) is 12.9. The van der Waals surface area contributed by atoms with Gasteiger partial charge in [0.05, 0.1) is 0 Å². The Kier molecular flexibility index (Phi) is 4.74. The largest absolute Gasteiger partial charge is 0.301 e. The van der Waals surface area contributed by atoms with Gasteiger partial charge in [0.2, 0.25) is 0 Å². The van der Waals surface area contributed by atoms with Crippen LogP contribution in [0.15, 0.2) is 24.3 Å². The molecule has 1 saturated heterocycles. The van der Waals surface area contributed by atoms with Crippen molar-refractivity contribution >= 4 is 0 Å². The molecule has 2 heteroatoms. The number of nitrogens with zero attached hydrogens (tertiary/aromatic N) is 2. The van der Waals surface area contributed by atoms with Crippen molar-refractivity contribution in [3.63, 3.8) is 0 Å². The third-order valence-corrected chi connectivity index (χ3v) is 5.01. The van der Waals surface area contributed by atoms with Crippen LogP contribution < -0.4 is 0 Å². The van der Waals surface area contributed by atoms with Crippen LogP contribution in [-0.4, -0.2) is 42.5 Å². The molecule has 1 aromatic rings. The molecule has 1 heterocycles. The summed E-state index contributed by atoms with van der Waals surface area (Å²) in [5, 5.41) is 0. The maximum Gasteiger partial charge on any atom is 0.0352 e. The summed E-state index contributed by atoms with van der Waals surface area (Å²) in [6.07, 6.45) is 6.66. The number of hydrogen-bond donors (Lipinski definition) is 0. The molecule has 0 bridgehead atoms. The molecule has 2 aliphatic rings. The Hall–Kier alpha value is -0.860. The first-order valence-corrected chi connectivity index (χ1v) is 8.42. The van der Waals surface area contributed by atoms with Crippen molar-refractivity contribution in [1.82, 2.24) is 9.80 Å². The molecule has 2 nitrogen and oxygen atoms in total. The van der Waals surface area contributed by atoms with Crippen molar-refractivity contribution in [1.29, 1.82) is 0 Å².